The van der Waals surface area contributed by atoms with E-state index in [1.165, 1.54) is 19.7 Å². The average molecular weight is 354 g/mol. The molecule has 1 fully saturated rings. The first kappa shape index (κ1) is 18.9. The smallest absolute Gasteiger partial charge is 0.227 e. The van der Waals surface area contributed by atoms with Crippen LogP contribution in [-0.2, 0) is 21.2 Å². The van der Waals surface area contributed by atoms with Crippen LogP contribution in [-0.4, -0.2) is 67.7 Å². The maximum Gasteiger partial charge on any atom is 0.227 e. The number of likely N-dealkylation sites (tertiary alicyclic amines) is 1. The molecule has 24 heavy (non-hydrogen) atoms. The fourth-order valence-corrected chi connectivity index (χ4v) is 4.01. The van der Waals surface area contributed by atoms with E-state index >= 15 is 0 Å². The molecule has 0 aromatic heterocycles. The van der Waals surface area contributed by atoms with E-state index < -0.39 is 22.0 Å². The third-order valence-electron chi connectivity index (χ3n) is 4.67. The van der Waals surface area contributed by atoms with Crippen molar-refractivity contribution in [1.29, 1.82) is 0 Å². The van der Waals surface area contributed by atoms with Crippen molar-refractivity contribution in [3.05, 3.63) is 34.9 Å². The van der Waals surface area contributed by atoms with Crippen LogP contribution in [0.3, 0.4) is 0 Å². The Morgan fingerprint density at radius 2 is 1.92 bits per heavy atom. The second kappa shape index (κ2) is 7.21. The summed E-state index contributed by atoms with van der Waals surface area (Å²) in [6.45, 7) is 4.49. The van der Waals surface area contributed by atoms with Crippen LogP contribution in [0, 0.1) is 19.8 Å². The van der Waals surface area contributed by atoms with Gasteiger partial charge >= 0.3 is 0 Å². The molecule has 0 bridgehead atoms. The third-order valence-corrected chi connectivity index (χ3v) is 6.63. The van der Waals surface area contributed by atoms with Crippen LogP contribution in [0.2, 0.25) is 0 Å². The number of aliphatic hydroxyl groups is 1. The Kier molecular flexibility index (Phi) is 5.67. The highest BCUT2D eigenvalue weighted by Crippen LogP contribution is 2.21. The highest BCUT2D eigenvalue weighted by Gasteiger charge is 2.37. The first-order chi connectivity index (χ1) is 11.1. The lowest BCUT2D eigenvalue weighted by Gasteiger charge is -2.18. The Morgan fingerprint density at radius 1 is 1.25 bits per heavy atom. The normalized spacial score (nSPS) is 21.5. The van der Waals surface area contributed by atoms with Crippen molar-refractivity contribution >= 4 is 15.9 Å². The highest BCUT2D eigenvalue weighted by atomic mass is 32.2. The Labute approximate surface area is 144 Å². The lowest BCUT2D eigenvalue weighted by Crippen LogP contribution is -2.34. The topological polar surface area (TPSA) is 77.9 Å². The molecule has 1 aromatic rings. The summed E-state index contributed by atoms with van der Waals surface area (Å²) in [5.41, 5.74) is 3.25. The molecule has 2 rings (SSSR count). The number of rotatable bonds is 5. The van der Waals surface area contributed by atoms with Crippen molar-refractivity contribution in [2.75, 3.05) is 32.9 Å². The van der Waals surface area contributed by atoms with Gasteiger partial charge in [-0.2, -0.15) is 0 Å². The number of aryl methyl sites for hydroxylation is 2. The molecule has 1 heterocycles. The van der Waals surface area contributed by atoms with E-state index in [1.54, 1.807) is 4.90 Å². The van der Waals surface area contributed by atoms with Crippen LogP contribution in [0.4, 0.5) is 0 Å². The minimum atomic E-state index is -3.40. The van der Waals surface area contributed by atoms with E-state index in [2.05, 4.69) is 0 Å². The van der Waals surface area contributed by atoms with Crippen LogP contribution in [0.5, 0.6) is 0 Å². The minimum absolute atomic E-state index is 0.0814. The molecule has 0 aliphatic carbocycles. The standard InChI is InChI=1S/C17H26N2O4S/c1-12-5-6-14(7-13(12)2)8-17(21)19-9-15(16(20)10-19)11-24(22,23)18(3)4/h5-7,15-16,20H,8-11H2,1-4H3/t15-,16+/m0/s1. The van der Waals surface area contributed by atoms with E-state index in [0.717, 1.165) is 15.4 Å². The van der Waals surface area contributed by atoms with Gasteiger partial charge in [0.05, 0.1) is 18.3 Å². The van der Waals surface area contributed by atoms with E-state index in [9.17, 15) is 18.3 Å². The molecule has 1 aliphatic rings. The summed E-state index contributed by atoms with van der Waals surface area (Å²) in [4.78, 5) is 14.0. The maximum absolute atomic E-state index is 12.5. The van der Waals surface area contributed by atoms with Gasteiger partial charge in [-0.15, -0.1) is 0 Å². The highest BCUT2D eigenvalue weighted by molar-refractivity contribution is 7.89. The number of sulfonamides is 1. The lowest BCUT2D eigenvalue weighted by atomic mass is 10.0. The lowest BCUT2D eigenvalue weighted by molar-refractivity contribution is -0.129. The predicted molar refractivity (Wildman–Crippen MR) is 93.2 cm³/mol. The Bertz CT molecular complexity index is 715. The molecule has 7 heteroatoms. The molecule has 1 N–H and O–H groups in total. The van der Waals surface area contributed by atoms with Crippen LogP contribution < -0.4 is 0 Å². The van der Waals surface area contributed by atoms with Crippen LogP contribution >= 0.6 is 0 Å². The average Bonchev–Trinajstić information content (AvgIpc) is 2.83. The molecular weight excluding hydrogens is 328 g/mol. The SMILES string of the molecule is Cc1ccc(CC(=O)N2C[C@@H](CS(=O)(=O)N(C)C)[C@H](O)C2)cc1C. The first-order valence-electron chi connectivity index (χ1n) is 8.02. The zero-order chi connectivity index (χ0) is 18.1. The molecule has 0 radical (unpaired) electrons. The van der Waals surface area contributed by atoms with Crippen LogP contribution in [0.1, 0.15) is 16.7 Å². The molecule has 0 saturated carbocycles. The Hall–Kier alpha value is -1.44. The van der Waals surface area contributed by atoms with Crippen molar-refractivity contribution in [3.8, 4) is 0 Å². The second-order valence-electron chi connectivity index (χ2n) is 6.78. The molecule has 2 atom stereocenters. The molecular formula is C17H26N2O4S. The summed E-state index contributed by atoms with van der Waals surface area (Å²) in [5.74, 6) is -0.669. The van der Waals surface area contributed by atoms with Gasteiger partial charge in [-0.1, -0.05) is 18.2 Å². The van der Waals surface area contributed by atoms with Gasteiger partial charge in [-0.3, -0.25) is 4.79 Å². The van der Waals surface area contributed by atoms with E-state index in [0.29, 0.717) is 0 Å². The first-order valence-corrected chi connectivity index (χ1v) is 9.63. The minimum Gasteiger partial charge on any atom is -0.391 e. The summed E-state index contributed by atoms with van der Waals surface area (Å²) >= 11 is 0. The summed E-state index contributed by atoms with van der Waals surface area (Å²) in [6.07, 6.45) is -0.538. The number of benzene rings is 1. The summed E-state index contributed by atoms with van der Waals surface area (Å²) < 4.78 is 25.1. The predicted octanol–water partition coefficient (Wildman–Crippen LogP) is 0.557. The molecule has 1 aliphatic heterocycles. The molecule has 134 valence electrons. The monoisotopic (exact) mass is 354 g/mol. The van der Waals surface area contributed by atoms with Gasteiger partial charge < -0.3 is 10.0 Å². The number of aliphatic hydroxyl groups excluding tert-OH is 1. The third kappa shape index (κ3) is 4.34. The maximum atomic E-state index is 12.5. The van der Waals surface area contributed by atoms with Crippen molar-refractivity contribution in [2.24, 2.45) is 5.92 Å². The Balaban J connectivity index is 2.00. The zero-order valence-electron chi connectivity index (χ0n) is 14.7. The molecule has 1 amide bonds. The number of β-amino-alcohol motifs (C(OH)–C–C–N with tert-alkyl or cyclic N) is 1. The molecule has 1 saturated heterocycles. The number of hydrogen-bond acceptors (Lipinski definition) is 4. The van der Waals surface area contributed by atoms with Gasteiger partial charge in [-0.05, 0) is 30.5 Å². The summed E-state index contributed by atoms with van der Waals surface area (Å²) in [5, 5.41) is 10.1. The second-order valence-corrected chi connectivity index (χ2v) is 9.01. The van der Waals surface area contributed by atoms with Crippen molar-refractivity contribution < 1.29 is 18.3 Å². The van der Waals surface area contributed by atoms with Crippen LogP contribution in [0.15, 0.2) is 18.2 Å². The van der Waals surface area contributed by atoms with Gasteiger partial charge in [0.15, 0.2) is 0 Å². The van der Waals surface area contributed by atoms with Gasteiger partial charge in [0.1, 0.15) is 0 Å². The molecule has 1 aromatic carbocycles. The van der Waals surface area contributed by atoms with Crippen molar-refractivity contribution in [1.82, 2.24) is 9.21 Å². The van der Waals surface area contributed by atoms with E-state index in [-0.39, 0.29) is 31.2 Å². The fraction of sp³-hybridized carbons (Fsp3) is 0.588. The van der Waals surface area contributed by atoms with Gasteiger partial charge in [0.2, 0.25) is 15.9 Å². The number of amides is 1. The summed E-state index contributed by atoms with van der Waals surface area (Å²) in [6, 6.07) is 5.91. The van der Waals surface area contributed by atoms with Crippen molar-refractivity contribution in [3.63, 3.8) is 0 Å². The molecule has 0 unspecified atom stereocenters. The number of hydrogen-bond donors (Lipinski definition) is 1. The summed E-state index contributed by atoms with van der Waals surface area (Å²) in [7, 11) is -0.454. The Morgan fingerprint density at radius 3 is 2.50 bits per heavy atom. The van der Waals surface area contributed by atoms with Crippen molar-refractivity contribution in [2.45, 2.75) is 26.4 Å². The largest absolute Gasteiger partial charge is 0.391 e. The molecule has 6 nitrogen and oxygen atoms in total. The fourth-order valence-electron chi connectivity index (χ4n) is 2.84. The number of nitrogens with zero attached hydrogens (tertiary/aromatic N) is 2. The van der Waals surface area contributed by atoms with Crippen LogP contribution in [0.25, 0.3) is 0 Å². The number of carbonyl (C=O) groups excluding carboxylic acids is 1. The molecule has 0 spiro atoms. The number of carbonyl (C=O) groups is 1. The van der Waals surface area contributed by atoms with E-state index in [4.69, 9.17) is 0 Å². The van der Waals surface area contributed by atoms with Gasteiger partial charge in [-0.25, -0.2) is 12.7 Å². The van der Waals surface area contributed by atoms with Gasteiger partial charge in [0, 0.05) is 33.1 Å². The van der Waals surface area contributed by atoms with Gasteiger partial charge in [0.25, 0.3) is 0 Å². The quantitative estimate of drug-likeness (QED) is 0.838. The zero-order valence-corrected chi connectivity index (χ0v) is 15.5. The van der Waals surface area contributed by atoms with E-state index in [1.807, 2.05) is 32.0 Å².